The molecule has 4 rings (SSSR count). The van der Waals surface area contributed by atoms with E-state index in [1.165, 1.54) is 0 Å². The summed E-state index contributed by atoms with van der Waals surface area (Å²) in [7, 11) is 0. The van der Waals surface area contributed by atoms with E-state index in [2.05, 4.69) is 4.99 Å². The Bertz CT molecular complexity index is 1030. The average molecular weight is 385 g/mol. The van der Waals surface area contributed by atoms with Crippen LogP contribution in [0.25, 0.3) is 6.08 Å². The van der Waals surface area contributed by atoms with Gasteiger partial charge in [0.05, 0.1) is 0 Å². The van der Waals surface area contributed by atoms with Crippen molar-refractivity contribution < 1.29 is 19.0 Å². The number of cyclic esters (lactones) is 1. The molecule has 0 amide bonds. The Morgan fingerprint density at radius 2 is 1.34 bits per heavy atom. The van der Waals surface area contributed by atoms with Crippen molar-refractivity contribution in [1.82, 2.24) is 0 Å². The molecular formula is C24H19NO4. The summed E-state index contributed by atoms with van der Waals surface area (Å²) in [6.45, 7) is 0.894. The quantitative estimate of drug-likeness (QED) is 0.342. The average Bonchev–Trinajstić information content (AvgIpc) is 3.14. The molecule has 0 bridgehead atoms. The number of rotatable bonds is 7. The van der Waals surface area contributed by atoms with Crippen molar-refractivity contribution in [2.45, 2.75) is 0 Å². The molecule has 0 fully saturated rings. The minimum Gasteiger partial charge on any atom is -0.490 e. The van der Waals surface area contributed by atoms with Crippen LogP contribution in [0, 0.1) is 0 Å². The van der Waals surface area contributed by atoms with Crippen molar-refractivity contribution in [2.75, 3.05) is 13.2 Å². The first-order valence-electron chi connectivity index (χ1n) is 9.27. The molecule has 29 heavy (non-hydrogen) atoms. The van der Waals surface area contributed by atoms with E-state index in [-0.39, 0.29) is 5.70 Å². The number of hydrogen-bond donors (Lipinski definition) is 0. The third kappa shape index (κ3) is 4.90. The molecule has 1 aliphatic heterocycles. The number of aliphatic imine (C=N–C) groups is 1. The first kappa shape index (κ1) is 18.5. The second-order valence-electron chi connectivity index (χ2n) is 6.28. The Kier molecular flexibility index (Phi) is 5.67. The second-order valence-corrected chi connectivity index (χ2v) is 6.28. The molecule has 3 aromatic carbocycles. The van der Waals surface area contributed by atoms with Crippen LogP contribution in [0.3, 0.4) is 0 Å². The molecule has 0 atom stereocenters. The minimum atomic E-state index is -0.456. The Hall–Kier alpha value is -3.86. The van der Waals surface area contributed by atoms with Crippen molar-refractivity contribution in [3.63, 3.8) is 0 Å². The Morgan fingerprint density at radius 1 is 0.759 bits per heavy atom. The van der Waals surface area contributed by atoms with Gasteiger partial charge in [0.15, 0.2) is 5.70 Å². The number of ether oxygens (including phenoxy) is 3. The van der Waals surface area contributed by atoms with E-state index in [9.17, 15) is 4.79 Å². The standard InChI is InChI=1S/C24H19NO4/c26-24-22(25-23(29-24)19-7-3-1-4-8-19)17-18-11-13-21(14-12-18)28-16-15-27-20-9-5-2-6-10-20/h1-14,17H,15-16H2/b22-17-. The normalized spacial score (nSPS) is 14.4. The van der Waals surface area contributed by atoms with Crippen molar-refractivity contribution in [1.29, 1.82) is 0 Å². The maximum absolute atomic E-state index is 12.1. The highest BCUT2D eigenvalue weighted by Crippen LogP contribution is 2.20. The predicted molar refractivity (Wildman–Crippen MR) is 111 cm³/mol. The maximum Gasteiger partial charge on any atom is 0.363 e. The fourth-order valence-corrected chi connectivity index (χ4v) is 2.77. The van der Waals surface area contributed by atoms with Gasteiger partial charge in [0.2, 0.25) is 5.90 Å². The topological polar surface area (TPSA) is 57.1 Å². The SMILES string of the molecule is O=C1OC(c2ccccc2)=N/C1=C\c1ccc(OCCOc2ccccc2)cc1. The van der Waals surface area contributed by atoms with E-state index in [1.54, 1.807) is 6.08 Å². The van der Waals surface area contributed by atoms with Gasteiger partial charge in [-0.25, -0.2) is 9.79 Å². The van der Waals surface area contributed by atoms with Gasteiger partial charge in [-0.3, -0.25) is 0 Å². The summed E-state index contributed by atoms with van der Waals surface area (Å²) in [5.41, 5.74) is 1.88. The van der Waals surface area contributed by atoms with Crippen LogP contribution < -0.4 is 9.47 Å². The summed E-state index contributed by atoms with van der Waals surface area (Å²) in [4.78, 5) is 16.4. The van der Waals surface area contributed by atoms with E-state index in [1.807, 2.05) is 84.9 Å². The molecule has 0 aromatic heterocycles. The molecule has 0 spiro atoms. The lowest BCUT2D eigenvalue weighted by molar-refractivity contribution is -0.129. The van der Waals surface area contributed by atoms with Gasteiger partial charge in [-0.2, -0.15) is 0 Å². The molecular weight excluding hydrogens is 366 g/mol. The molecule has 0 saturated heterocycles. The van der Waals surface area contributed by atoms with Crippen LogP contribution >= 0.6 is 0 Å². The lowest BCUT2D eigenvalue weighted by Crippen LogP contribution is -2.08. The van der Waals surface area contributed by atoms with Crippen molar-refractivity contribution >= 4 is 17.9 Å². The molecule has 0 radical (unpaired) electrons. The van der Waals surface area contributed by atoms with Gasteiger partial charge in [-0.05, 0) is 48.0 Å². The van der Waals surface area contributed by atoms with Gasteiger partial charge in [-0.1, -0.05) is 48.5 Å². The molecule has 1 heterocycles. The third-order valence-electron chi connectivity index (χ3n) is 4.19. The fourth-order valence-electron chi connectivity index (χ4n) is 2.77. The Morgan fingerprint density at radius 3 is 2.00 bits per heavy atom. The van der Waals surface area contributed by atoms with Crippen LogP contribution in [0.4, 0.5) is 0 Å². The molecule has 144 valence electrons. The maximum atomic E-state index is 12.1. The van der Waals surface area contributed by atoms with E-state index in [0.29, 0.717) is 19.1 Å². The summed E-state index contributed by atoms with van der Waals surface area (Å²) >= 11 is 0. The van der Waals surface area contributed by atoms with E-state index < -0.39 is 5.97 Å². The smallest absolute Gasteiger partial charge is 0.363 e. The summed E-state index contributed by atoms with van der Waals surface area (Å²) in [5, 5.41) is 0. The van der Waals surface area contributed by atoms with Crippen molar-refractivity contribution in [2.24, 2.45) is 4.99 Å². The zero-order chi connectivity index (χ0) is 19.9. The molecule has 1 aliphatic rings. The molecule has 0 unspecified atom stereocenters. The van der Waals surface area contributed by atoms with Gasteiger partial charge in [-0.15, -0.1) is 0 Å². The Labute approximate surface area is 168 Å². The number of para-hydroxylation sites is 1. The van der Waals surface area contributed by atoms with Crippen LogP contribution in [0.2, 0.25) is 0 Å². The first-order chi connectivity index (χ1) is 14.3. The number of carbonyl (C=O) groups is 1. The molecule has 0 N–H and O–H groups in total. The molecule has 5 nitrogen and oxygen atoms in total. The lowest BCUT2D eigenvalue weighted by Gasteiger charge is -2.08. The molecule has 3 aromatic rings. The van der Waals surface area contributed by atoms with Gasteiger partial charge >= 0.3 is 5.97 Å². The number of esters is 1. The molecule has 0 aliphatic carbocycles. The van der Waals surface area contributed by atoms with Crippen LogP contribution in [0.15, 0.2) is 95.6 Å². The number of benzene rings is 3. The summed E-state index contributed by atoms with van der Waals surface area (Å²) < 4.78 is 16.5. The van der Waals surface area contributed by atoms with Crippen molar-refractivity contribution in [3.05, 3.63) is 102 Å². The zero-order valence-electron chi connectivity index (χ0n) is 15.7. The minimum absolute atomic E-state index is 0.272. The largest absolute Gasteiger partial charge is 0.490 e. The fraction of sp³-hybridized carbons (Fsp3) is 0.0833. The van der Waals surface area contributed by atoms with Gasteiger partial charge < -0.3 is 14.2 Å². The summed E-state index contributed by atoms with van der Waals surface area (Å²) in [5.74, 6) is 1.41. The van der Waals surface area contributed by atoms with Crippen LogP contribution in [-0.2, 0) is 9.53 Å². The number of nitrogens with zero attached hydrogens (tertiary/aromatic N) is 1. The zero-order valence-corrected chi connectivity index (χ0v) is 15.7. The highest BCUT2D eigenvalue weighted by molar-refractivity contribution is 6.12. The monoisotopic (exact) mass is 385 g/mol. The Balaban J connectivity index is 1.34. The molecule has 0 saturated carbocycles. The number of carbonyl (C=O) groups excluding carboxylic acids is 1. The van der Waals surface area contributed by atoms with Gasteiger partial charge in [0.1, 0.15) is 24.7 Å². The van der Waals surface area contributed by atoms with Crippen molar-refractivity contribution in [3.8, 4) is 11.5 Å². The van der Waals surface area contributed by atoms with E-state index in [4.69, 9.17) is 14.2 Å². The summed E-state index contributed by atoms with van der Waals surface area (Å²) in [6, 6.07) is 26.4. The highest BCUT2D eigenvalue weighted by atomic mass is 16.6. The lowest BCUT2D eigenvalue weighted by atomic mass is 10.2. The van der Waals surface area contributed by atoms with E-state index in [0.717, 1.165) is 22.6 Å². The molecule has 5 heteroatoms. The van der Waals surface area contributed by atoms with Crippen LogP contribution in [0.1, 0.15) is 11.1 Å². The predicted octanol–water partition coefficient (Wildman–Crippen LogP) is 4.49. The van der Waals surface area contributed by atoms with E-state index >= 15 is 0 Å². The number of hydrogen-bond acceptors (Lipinski definition) is 5. The van der Waals surface area contributed by atoms with Gasteiger partial charge in [0, 0.05) is 5.56 Å². The highest BCUT2D eigenvalue weighted by Gasteiger charge is 2.23. The van der Waals surface area contributed by atoms with Gasteiger partial charge in [0.25, 0.3) is 0 Å². The second kappa shape index (κ2) is 8.89. The third-order valence-corrected chi connectivity index (χ3v) is 4.19. The first-order valence-corrected chi connectivity index (χ1v) is 9.27. The van der Waals surface area contributed by atoms with Crippen LogP contribution in [0.5, 0.6) is 11.5 Å². The summed E-state index contributed by atoms with van der Waals surface area (Å²) in [6.07, 6.45) is 1.70. The van der Waals surface area contributed by atoms with Crippen LogP contribution in [-0.4, -0.2) is 25.1 Å².